The van der Waals surface area contributed by atoms with Crippen LogP contribution in [0.15, 0.2) is 21.1 Å². The van der Waals surface area contributed by atoms with E-state index in [9.17, 15) is 0 Å². The standard InChI is InChI=1S/C10H11Br2O2/c1-6(13)5-14-9-4-3-8(11)7(2)10(9)12/h3-4,6,13H,1,5H2,2H3. The lowest BCUT2D eigenvalue weighted by Crippen LogP contribution is -2.13. The Bertz CT molecular complexity index is 324. The van der Waals surface area contributed by atoms with Crippen LogP contribution in [0, 0.1) is 13.8 Å². The van der Waals surface area contributed by atoms with Crippen LogP contribution in [0.3, 0.4) is 0 Å². The minimum Gasteiger partial charge on any atom is -0.490 e. The topological polar surface area (TPSA) is 29.5 Å². The first-order valence-corrected chi connectivity index (χ1v) is 5.69. The third-order valence-corrected chi connectivity index (χ3v) is 3.56. The van der Waals surface area contributed by atoms with Gasteiger partial charge in [-0.25, -0.2) is 0 Å². The molecule has 1 aromatic carbocycles. The van der Waals surface area contributed by atoms with E-state index >= 15 is 0 Å². The maximum Gasteiger partial charge on any atom is 0.133 e. The fraction of sp³-hybridized carbons (Fsp3) is 0.300. The van der Waals surface area contributed by atoms with E-state index < -0.39 is 6.10 Å². The highest BCUT2D eigenvalue weighted by molar-refractivity contribution is 9.11. The molecule has 0 aliphatic heterocycles. The van der Waals surface area contributed by atoms with Crippen molar-refractivity contribution in [3.8, 4) is 5.75 Å². The molecule has 77 valence electrons. The van der Waals surface area contributed by atoms with Gasteiger partial charge >= 0.3 is 0 Å². The number of halogens is 2. The minimum atomic E-state index is -0.703. The summed E-state index contributed by atoms with van der Waals surface area (Å²) in [5, 5.41) is 8.97. The average Bonchev–Trinajstić information content (AvgIpc) is 2.13. The highest BCUT2D eigenvalue weighted by Crippen LogP contribution is 2.33. The van der Waals surface area contributed by atoms with Crippen molar-refractivity contribution in [1.29, 1.82) is 0 Å². The molecule has 2 nitrogen and oxygen atoms in total. The zero-order valence-corrected chi connectivity index (χ0v) is 10.9. The number of benzene rings is 1. The van der Waals surface area contributed by atoms with Gasteiger partial charge in [0.1, 0.15) is 12.4 Å². The smallest absolute Gasteiger partial charge is 0.133 e. The molecule has 1 radical (unpaired) electrons. The van der Waals surface area contributed by atoms with E-state index in [0.29, 0.717) is 5.75 Å². The third-order valence-electron chi connectivity index (χ3n) is 1.72. The SMILES string of the molecule is [CH2]C(O)COc1ccc(Br)c(C)c1Br. The summed E-state index contributed by atoms with van der Waals surface area (Å²) in [6.07, 6.45) is -0.703. The zero-order chi connectivity index (χ0) is 10.7. The van der Waals surface area contributed by atoms with Crippen molar-refractivity contribution in [2.75, 3.05) is 6.61 Å². The van der Waals surface area contributed by atoms with Crippen molar-refractivity contribution < 1.29 is 9.84 Å². The Morgan fingerprint density at radius 1 is 1.50 bits per heavy atom. The molecule has 0 amide bonds. The fourth-order valence-corrected chi connectivity index (χ4v) is 1.99. The Morgan fingerprint density at radius 2 is 2.14 bits per heavy atom. The number of rotatable bonds is 3. The lowest BCUT2D eigenvalue weighted by Gasteiger charge is -2.11. The molecule has 0 saturated heterocycles. The van der Waals surface area contributed by atoms with Gasteiger partial charge in [-0.3, -0.25) is 0 Å². The molecular formula is C10H11Br2O2. The molecule has 1 N–H and O–H groups in total. The first-order valence-electron chi connectivity index (χ1n) is 4.11. The Labute approximate surface area is 101 Å². The highest BCUT2D eigenvalue weighted by atomic mass is 79.9. The number of aliphatic hydroxyl groups excluding tert-OH is 1. The molecule has 1 unspecified atom stereocenters. The van der Waals surface area contributed by atoms with Gasteiger partial charge in [0.05, 0.1) is 10.6 Å². The van der Waals surface area contributed by atoms with Crippen molar-refractivity contribution in [3.05, 3.63) is 33.6 Å². The van der Waals surface area contributed by atoms with Gasteiger partial charge in [0, 0.05) is 4.47 Å². The molecule has 1 aromatic rings. The van der Waals surface area contributed by atoms with Gasteiger partial charge < -0.3 is 9.84 Å². The van der Waals surface area contributed by atoms with E-state index in [0.717, 1.165) is 14.5 Å². The van der Waals surface area contributed by atoms with Crippen LogP contribution in [0.25, 0.3) is 0 Å². The predicted octanol–water partition coefficient (Wildman–Crippen LogP) is 3.09. The molecule has 1 atom stereocenters. The van der Waals surface area contributed by atoms with Crippen LogP contribution in [0.2, 0.25) is 0 Å². The second kappa shape index (κ2) is 5.14. The maximum absolute atomic E-state index is 8.97. The molecule has 0 fully saturated rings. The largest absolute Gasteiger partial charge is 0.490 e. The molecule has 0 bridgehead atoms. The second-order valence-electron chi connectivity index (χ2n) is 2.95. The molecule has 0 heterocycles. The summed E-state index contributed by atoms with van der Waals surface area (Å²) >= 11 is 6.84. The number of aliphatic hydroxyl groups is 1. The predicted molar refractivity (Wildman–Crippen MR) is 63.4 cm³/mol. The van der Waals surface area contributed by atoms with Crippen LogP contribution in [0.1, 0.15) is 5.56 Å². The summed E-state index contributed by atoms with van der Waals surface area (Å²) in [4.78, 5) is 0. The number of hydrogen-bond donors (Lipinski definition) is 1. The van der Waals surface area contributed by atoms with Crippen molar-refractivity contribution in [2.45, 2.75) is 13.0 Å². The summed E-state index contributed by atoms with van der Waals surface area (Å²) < 4.78 is 7.27. The van der Waals surface area contributed by atoms with Gasteiger partial charge in [0.2, 0.25) is 0 Å². The molecule has 1 rings (SSSR count). The van der Waals surface area contributed by atoms with E-state index in [4.69, 9.17) is 9.84 Å². The van der Waals surface area contributed by atoms with Crippen LogP contribution < -0.4 is 4.74 Å². The minimum absolute atomic E-state index is 0.194. The molecule has 0 aliphatic carbocycles. The molecule has 4 heteroatoms. The first kappa shape index (κ1) is 12.0. The van der Waals surface area contributed by atoms with Gasteiger partial charge in [-0.1, -0.05) is 15.9 Å². The van der Waals surface area contributed by atoms with Crippen molar-refractivity contribution in [2.24, 2.45) is 0 Å². The third kappa shape index (κ3) is 2.97. The van der Waals surface area contributed by atoms with Crippen molar-refractivity contribution >= 4 is 31.9 Å². The van der Waals surface area contributed by atoms with Crippen molar-refractivity contribution in [3.63, 3.8) is 0 Å². The Hall–Kier alpha value is -0.0600. The quantitative estimate of drug-likeness (QED) is 0.926. The number of hydrogen-bond acceptors (Lipinski definition) is 2. The van der Waals surface area contributed by atoms with E-state index in [1.165, 1.54) is 0 Å². The van der Waals surface area contributed by atoms with Crippen LogP contribution in [-0.2, 0) is 0 Å². The van der Waals surface area contributed by atoms with Gasteiger partial charge in [-0.05, 0) is 47.5 Å². The van der Waals surface area contributed by atoms with Crippen LogP contribution in [0.4, 0.5) is 0 Å². The molecule has 0 aromatic heterocycles. The van der Waals surface area contributed by atoms with Crippen molar-refractivity contribution in [1.82, 2.24) is 0 Å². The van der Waals surface area contributed by atoms with E-state index in [-0.39, 0.29) is 6.61 Å². The lowest BCUT2D eigenvalue weighted by atomic mass is 10.2. The Morgan fingerprint density at radius 3 is 2.71 bits per heavy atom. The lowest BCUT2D eigenvalue weighted by molar-refractivity contribution is 0.142. The van der Waals surface area contributed by atoms with Crippen LogP contribution in [-0.4, -0.2) is 17.8 Å². The molecule has 0 aliphatic rings. The summed E-state index contributed by atoms with van der Waals surface area (Å²) in [6.45, 7) is 5.60. The van der Waals surface area contributed by atoms with Gasteiger partial charge in [0.25, 0.3) is 0 Å². The van der Waals surface area contributed by atoms with Crippen LogP contribution >= 0.6 is 31.9 Å². The zero-order valence-electron chi connectivity index (χ0n) is 7.76. The first-order chi connectivity index (χ1) is 6.52. The van der Waals surface area contributed by atoms with Gasteiger partial charge in [0.15, 0.2) is 0 Å². The average molecular weight is 323 g/mol. The van der Waals surface area contributed by atoms with Crippen LogP contribution in [0.5, 0.6) is 5.75 Å². The Kier molecular flexibility index (Phi) is 4.41. The maximum atomic E-state index is 8.97. The van der Waals surface area contributed by atoms with E-state index in [1.54, 1.807) is 0 Å². The summed E-state index contributed by atoms with van der Waals surface area (Å²) in [5.41, 5.74) is 1.07. The molecule has 0 saturated carbocycles. The monoisotopic (exact) mass is 321 g/mol. The van der Waals surface area contributed by atoms with Gasteiger partial charge in [-0.15, -0.1) is 0 Å². The summed E-state index contributed by atoms with van der Waals surface area (Å²) in [5.74, 6) is 0.716. The molecule has 0 spiro atoms. The normalized spacial score (nSPS) is 12.6. The van der Waals surface area contributed by atoms with Gasteiger partial charge in [-0.2, -0.15) is 0 Å². The van der Waals surface area contributed by atoms with E-state index in [1.807, 2.05) is 19.1 Å². The van der Waals surface area contributed by atoms with E-state index in [2.05, 4.69) is 38.8 Å². The fourth-order valence-electron chi connectivity index (χ4n) is 0.934. The molecular weight excluding hydrogens is 312 g/mol. The highest BCUT2D eigenvalue weighted by Gasteiger charge is 2.07. The molecule has 14 heavy (non-hydrogen) atoms. The second-order valence-corrected chi connectivity index (χ2v) is 4.60. The summed E-state index contributed by atoms with van der Waals surface area (Å²) in [6, 6.07) is 3.74. The Balaban J connectivity index is 2.83. The number of ether oxygens (including phenoxy) is 1. The summed E-state index contributed by atoms with van der Waals surface area (Å²) in [7, 11) is 0.